The third-order valence-corrected chi connectivity index (χ3v) is 2.40. The molecule has 13 heavy (non-hydrogen) atoms. The Balaban J connectivity index is 4.85. The van der Waals surface area contributed by atoms with E-state index in [0.717, 1.165) is 0 Å². The van der Waals surface area contributed by atoms with Gasteiger partial charge in [0, 0.05) is 0 Å². The Labute approximate surface area is 95.3 Å². The average Bonchev–Trinajstić information content (AvgIpc) is 2.07. The van der Waals surface area contributed by atoms with Gasteiger partial charge >= 0.3 is 0 Å². The predicted molar refractivity (Wildman–Crippen MR) is 51.8 cm³/mol. The molecule has 0 aliphatic rings. The van der Waals surface area contributed by atoms with Gasteiger partial charge in [0.25, 0.3) is 0 Å². The van der Waals surface area contributed by atoms with Crippen LogP contribution in [0.5, 0.6) is 0 Å². The van der Waals surface area contributed by atoms with Crippen LogP contribution in [0.4, 0.5) is 13.2 Å². The molecule has 0 aliphatic carbocycles. The lowest BCUT2D eigenvalue weighted by Gasteiger charge is -2.26. The molecule has 0 amide bonds. The molecule has 0 saturated carbocycles. The van der Waals surface area contributed by atoms with Gasteiger partial charge in [-0.3, -0.25) is 4.79 Å². The van der Waals surface area contributed by atoms with Gasteiger partial charge in [-0.25, -0.2) is 13.2 Å². The Bertz CT molecular complexity index is 183. The first-order valence-electron chi connectivity index (χ1n) is 3.13. The molecule has 0 aromatic carbocycles. The summed E-state index contributed by atoms with van der Waals surface area (Å²) >= 11 is 10.7. The number of hydrogen-bond donors (Lipinski definition) is 0. The van der Waals surface area contributed by atoms with E-state index in [1.165, 1.54) is 0 Å². The lowest BCUT2D eigenvalue weighted by atomic mass is 9.88. The van der Waals surface area contributed by atoms with Crippen LogP contribution in [-0.4, -0.2) is 28.5 Å². The van der Waals surface area contributed by atoms with Crippen molar-refractivity contribution in [3.05, 3.63) is 0 Å². The van der Waals surface area contributed by atoms with E-state index < -0.39 is 33.9 Å². The van der Waals surface area contributed by atoms with Gasteiger partial charge in [-0.05, 0) is 31.9 Å². The molecule has 0 N–H and O–H groups in total. The summed E-state index contributed by atoms with van der Waals surface area (Å²) in [5.41, 5.74) is -2.30. The number of carbonyl (C=O) groups excluding carboxylic acids is 1. The Hall–Kier alpha value is 0.710. The van der Waals surface area contributed by atoms with Crippen molar-refractivity contribution >= 4 is 49.2 Å². The van der Waals surface area contributed by atoms with Crippen molar-refractivity contribution < 1.29 is 18.0 Å². The van der Waals surface area contributed by atoms with E-state index in [1.54, 1.807) is 0 Å². The van der Waals surface area contributed by atoms with Gasteiger partial charge in [0.2, 0.25) is 2.69 Å². The molecule has 0 aromatic rings. The molecule has 7 heteroatoms. The fourth-order valence-electron chi connectivity index (χ4n) is 0.590. The summed E-state index contributed by atoms with van der Waals surface area (Å²) in [7, 11) is 0. The molecule has 0 spiro atoms. The second-order valence-electron chi connectivity index (χ2n) is 2.51. The van der Waals surface area contributed by atoms with Gasteiger partial charge in [-0.15, -0.1) is 0 Å². The first-order valence-corrected chi connectivity index (χ1v) is 5.10. The minimum atomic E-state index is -2.30. The van der Waals surface area contributed by atoms with Gasteiger partial charge in [0.1, 0.15) is 25.4 Å². The molecule has 0 unspecified atom stereocenters. The number of carbonyl (C=O) groups is 1. The van der Waals surface area contributed by atoms with Gasteiger partial charge in [0.15, 0.2) is 5.78 Å². The summed E-state index contributed by atoms with van der Waals surface area (Å²) in [5, 5.41) is 0. The molecule has 0 fully saturated rings. The van der Waals surface area contributed by atoms with Crippen LogP contribution in [0.3, 0.4) is 0 Å². The number of ketones is 1. The van der Waals surface area contributed by atoms with E-state index >= 15 is 0 Å². The maximum atomic E-state index is 12.3. The lowest BCUT2D eigenvalue weighted by Crippen LogP contribution is -2.44. The molecular formula is C6H6Br2ClF3O. The van der Waals surface area contributed by atoms with Crippen molar-refractivity contribution in [2.24, 2.45) is 5.41 Å². The number of rotatable bonds is 5. The zero-order valence-electron chi connectivity index (χ0n) is 6.30. The average molecular weight is 346 g/mol. The van der Waals surface area contributed by atoms with Crippen molar-refractivity contribution in [1.82, 2.24) is 0 Å². The van der Waals surface area contributed by atoms with Gasteiger partial charge in [0.05, 0.1) is 0 Å². The molecule has 0 saturated heterocycles. The first kappa shape index (κ1) is 13.7. The summed E-state index contributed by atoms with van der Waals surface area (Å²) in [6.07, 6.45) is 0. The van der Waals surface area contributed by atoms with Crippen LogP contribution in [0, 0.1) is 5.41 Å². The van der Waals surface area contributed by atoms with Crippen molar-refractivity contribution in [3.63, 3.8) is 0 Å². The minimum absolute atomic E-state index is 1.10. The standard InChI is InChI=1S/C6H6Br2ClF3O/c7-6(8,9)4(13)5(1-10,2-11)3-12/h1-3H2. The molecule has 0 rings (SSSR count). The summed E-state index contributed by atoms with van der Waals surface area (Å²) in [6, 6.07) is 0. The number of alkyl halides is 6. The molecule has 0 radical (unpaired) electrons. The zero-order valence-corrected chi connectivity index (χ0v) is 10.2. The number of hydrogen-bond acceptors (Lipinski definition) is 1. The summed E-state index contributed by atoms with van der Waals surface area (Å²) in [4.78, 5) is 11.2. The van der Waals surface area contributed by atoms with Crippen LogP contribution in [0.2, 0.25) is 0 Å². The second-order valence-corrected chi connectivity index (χ2v) is 7.43. The number of halogens is 6. The Morgan fingerprint density at radius 2 is 1.46 bits per heavy atom. The van der Waals surface area contributed by atoms with Gasteiger partial charge in [-0.2, -0.15) is 0 Å². The molecule has 1 nitrogen and oxygen atoms in total. The minimum Gasteiger partial charge on any atom is -0.295 e. The summed E-state index contributed by atoms with van der Waals surface area (Å²) < 4.78 is 35.1. The van der Waals surface area contributed by atoms with E-state index in [-0.39, 0.29) is 0 Å². The molecule has 0 bridgehead atoms. The van der Waals surface area contributed by atoms with E-state index in [1.807, 2.05) is 0 Å². The first-order chi connectivity index (χ1) is 5.84. The smallest absolute Gasteiger partial charge is 0.212 e. The van der Waals surface area contributed by atoms with E-state index in [0.29, 0.717) is 0 Å². The van der Waals surface area contributed by atoms with Crippen molar-refractivity contribution in [1.29, 1.82) is 0 Å². The Morgan fingerprint density at radius 1 is 1.15 bits per heavy atom. The quantitative estimate of drug-likeness (QED) is 0.699. The summed E-state index contributed by atoms with van der Waals surface area (Å²) in [6.45, 7) is -4.28. The van der Waals surface area contributed by atoms with Crippen molar-refractivity contribution in [2.45, 2.75) is 2.69 Å². The van der Waals surface area contributed by atoms with Gasteiger partial charge < -0.3 is 0 Å². The van der Waals surface area contributed by atoms with Crippen LogP contribution in [-0.2, 0) is 4.79 Å². The third-order valence-electron chi connectivity index (χ3n) is 1.51. The van der Waals surface area contributed by atoms with Crippen LogP contribution in [0.1, 0.15) is 0 Å². The highest BCUT2D eigenvalue weighted by Gasteiger charge is 2.48. The lowest BCUT2D eigenvalue weighted by molar-refractivity contribution is -0.130. The van der Waals surface area contributed by atoms with Crippen molar-refractivity contribution in [3.8, 4) is 0 Å². The fraction of sp³-hybridized carbons (Fsp3) is 0.833. The number of Topliss-reactive ketones (excluding diaryl/α,β-unsaturated/α-hetero) is 1. The van der Waals surface area contributed by atoms with Crippen LogP contribution < -0.4 is 0 Å². The second kappa shape index (κ2) is 4.98. The van der Waals surface area contributed by atoms with Crippen molar-refractivity contribution in [2.75, 3.05) is 20.0 Å². The largest absolute Gasteiger partial charge is 0.295 e. The normalized spacial score (nSPS) is 13.1. The molecule has 78 valence electrons. The maximum Gasteiger partial charge on any atom is 0.212 e. The highest BCUT2D eigenvalue weighted by Crippen LogP contribution is 2.39. The molecule has 0 aliphatic heterocycles. The molecule has 0 aromatic heterocycles. The topological polar surface area (TPSA) is 17.1 Å². The summed E-state index contributed by atoms with van der Waals surface area (Å²) in [5.74, 6) is -1.10. The van der Waals surface area contributed by atoms with E-state index in [2.05, 4.69) is 31.9 Å². The Kier molecular flexibility index (Phi) is 5.25. The predicted octanol–water partition coefficient (Wildman–Crippen LogP) is 3.13. The molecule has 0 atom stereocenters. The SMILES string of the molecule is O=C(C(Cl)(Br)Br)C(CF)(CF)CF. The van der Waals surface area contributed by atoms with Gasteiger partial charge in [-0.1, -0.05) is 11.6 Å². The molecular weight excluding hydrogens is 340 g/mol. The van der Waals surface area contributed by atoms with Crippen LogP contribution in [0.25, 0.3) is 0 Å². The maximum absolute atomic E-state index is 12.3. The Morgan fingerprint density at radius 3 is 1.54 bits per heavy atom. The molecule has 0 heterocycles. The zero-order chi connectivity index (χ0) is 10.7. The fourth-order valence-corrected chi connectivity index (χ4v) is 1.63. The van der Waals surface area contributed by atoms with E-state index in [4.69, 9.17) is 11.6 Å². The van der Waals surface area contributed by atoms with Crippen LogP contribution >= 0.6 is 43.5 Å². The monoisotopic (exact) mass is 344 g/mol. The van der Waals surface area contributed by atoms with Crippen LogP contribution in [0.15, 0.2) is 0 Å². The van der Waals surface area contributed by atoms with E-state index in [9.17, 15) is 18.0 Å². The third kappa shape index (κ3) is 3.09. The highest BCUT2D eigenvalue weighted by molar-refractivity contribution is 9.26. The highest BCUT2D eigenvalue weighted by atomic mass is 79.9.